The zero-order valence-corrected chi connectivity index (χ0v) is 19.1. The van der Waals surface area contributed by atoms with E-state index in [-0.39, 0.29) is 5.78 Å². The van der Waals surface area contributed by atoms with Gasteiger partial charge in [-0.2, -0.15) is 0 Å². The van der Waals surface area contributed by atoms with Crippen molar-refractivity contribution in [3.05, 3.63) is 157 Å². The predicted molar refractivity (Wildman–Crippen MR) is 141 cm³/mol. The fourth-order valence-corrected chi connectivity index (χ4v) is 8.69. The van der Waals surface area contributed by atoms with Gasteiger partial charge in [-0.1, -0.05) is 84.9 Å². The molecule has 0 N–H and O–H groups in total. The summed E-state index contributed by atoms with van der Waals surface area (Å²) in [5, 5.41) is 5.12. The second-order valence-electron chi connectivity index (χ2n) is 7.92. The van der Waals surface area contributed by atoms with Gasteiger partial charge in [0.15, 0.2) is 5.78 Å². The number of carbonyl (C=O) groups is 1. The maximum absolute atomic E-state index is 13.0. The van der Waals surface area contributed by atoms with Gasteiger partial charge in [0.25, 0.3) is 0 Å². The summed E-state index contributed by atoms with van der Waals surface area (Å²) in [6, 6.07) is 50.0. The highest BCUT2D eigenvalue weighted by Gasteiger charge is 2.47. The lowest BCUT2D eigenvalue weighted by atomic mass is 10.0. The summed E-state index contributed by atoms with van der Waals surface area (Å²) in [4.78, 5) is 13.0. The fraction of sp³-hybridized carbons (Fsp3) is 0. The molecule has 5 aromatic rings. The number of benzene rings is 5. The van der Waals surface area contributed by atoms with E-state index in [9.17, 15) is 4.79 Å². The van der Waals surface area contributed by atoms with Crippen LogP contribution in [0.2, 0.25) is 0 Å². The van der Waals surface area contributed by atoms with Gasteiger partial charge in [0.2, 0.25) is 0 Å². The smallest absolute Gasteiger partial charge is 0.193 e. The monoisotopic (exact) mass is 443 g/mol. The standard InChI is InChI=1S/C31H24OP/c32-31(25-13-5-1-6-14-25)26-21-23-30(24-22-26)33(27-15-7-2-8-16-27,28-17-9-3-10-18-28)29-19-11-4-12-20-29/h1-24H/q+1. The van der Waals surface area contributed by atoms with Gasteiger partial charge in [-0.3, -0.25) is 4.79 Å². The van der Waals surface area contributed by atoms with Crippen molar-refractivity contribution >= 4 is 34.3 Å². The van der Waals surface area contributed by atoms with E-state index in [1.807, 2.05) is 42.5 Å². The Morgan fingerprint density at radius 3 is 1.06 bits per heavy atom. The largest absolute Gasteiger partial charge is 0.289 e. The summed E-state index contributed by atoms with van der Waals surface area (Å²) in [5.41, 5.74) is 1.41. The highest BCUT2D eigenvalue weighted by molar-refractivity contribution is 8.01. The van der Waals surface area contributed by atoms with Gasteiger partial charge in [0.05, 0.1) is 0 Å². The Bertz CT molecular complexity index is 1230. The van der Waals surface area contributed by atoms with Crippen LogP contribution in [0.4, 0.5) is 0 Å². The quantitative estimate of drug-likeness (QED) is 0.249. The average molecular weight is 444 g/mol. The van der Waals surface area contributed by atoms with Gasteiger partial charge in [-0.05, 0) is 60.7 Å². The van der Waals surface area contributed by atoms with E-state index in [1.54, 1.807) is 0 Å². The molecule has 0 aliphatic rings. The normalized spacial score (nSPS) is 11.2. The van der Waals surface area contributed by atoms with E-state index < -0.39 is 7.26 Å². The minimum atomic E-state index is -2.14. The maximum Gasteiger partial charge on any atom is 0.193 e. The van der Waals surface area contributed by atoms with Crippen molar-refractivity contribution in [1.29, 1.82) is 0 Å². The lowest BCUT2D eigenvalue weighted by Gasteiger charge is -2.27. The molecule has 1 nitrogen and oxygen atoms in total. The number of carbonyl (C=O) groups excluding carboxylic acids is 1. The number of rotatable bonds is 6. The van der Waals surface area contributed by atoms with Crippen molar-refractivity contribution < 1.29 is 4.79 Å². The van der Waals surface area contributed by atoms with Crippen LogP contribution in [0, 0.1) is 0 Å². The van der Waals surface area contributed by atoms with E-state index >= 15 is 0 Å². The van der Waals surface area contributed by atoms with Crippen molar-refractivity contribution in [3.63, 3.8) is 0 Å². The number of ketones is 1. The minimum Gasteiger partial charge on any atom is -0.289 e. The van der Waals surface area contributed by atoms with E-state index in [0.717, 1.165) is 0 Å². The Morgan fingerprint density at radius 1 is 0.364 bits per heavy atom. The van der Waals surface area contributed by atoms with E-state index in [1.165, 1.54) is 21.2 Å². The van der Waals surface area contributed by atoms with E-state index in [4.69, 9.17) is 0 Å². The molecular formula is C31H24OP+. The van der Waals surface area contributed by atoms with Crippen LogP contribution in [0.15, 0.2) is 146 Å². The molecule has 158 valence electrons. The summed E-state index contributed by atoms with van der Waals surface area (Å²) in [7, 11) is -2.14. The summed E-state index contributed by atoms with van der Waals surface area (Å²) in [6.07, 6.45) is 0. The van der Waals surface area contributed by atoms with Crippen LogP contribution in [0.3, 0.4) is 0 Å². The highest BCUT2D eigenvalue weighted by Crippen LogP contribution is 2.54. The van der Waals surface area contributed by atoms with Crippen molar-refractivity contribution in [2.45, 2.75) is 0 Å². The van der Waals surface area contributed by atoms with Crippen LogP contribution in [0.25, 0.3) is 0 Å². The SMILES string of the molecule is O=C(c1ccccc1)c1ccc([P+](c2ccccc2)(c2ccccc2)c2ccccc2)cc1. The van der Waals surface area contributed by atoms with Gasteiger partial charge in [-0.25, -0.2) is 0 Å². The van der Waals surface area contributed by atoms with Crippen LogP contribution in [0.1, 0.15) is 15.9 Å². The Kier molecular flexibility index (Phi) is 5.98. The molecule has 0 aliphatic heterocycles. The van der Waals surface area contributed by atoms with Crippen molar-refractivity contribution in [3.8, 4) is 0 Å². The van der Waals surface area contributed by atoms with Gasteiger partial charge in [0, 0.05) is 11.1 Å². The second-order valence-corrected chi connectivity index (χ2v) is 11.3. The first-order chi connectivity index (χ1) is 16.3. The average Bonchev–Trinajstić information content (AvgIpc) is 2.91. The molecule has 0 bridgehead atoms. The highest BCUT2D eigenvalue weighted by atomic mass is 31.2. The third kappa shape index (κ3) is 3.93. The molecule has 2 heteroatoms. The van der Waals surface area contributed by atoms with E-state index in [2.05, 4.69) is 103 Å². The third-order valence-corrected chi connectivity index (χ3v) is 10.3. The zero-order chi connectivity index (χ0) is 22.5. The molecule has 0 saturated carbocycles. The van der Waals surface area contributed by atoms with Crippen molar-refractivity contribution in [2.24, 2.45) is 0 Å². The van der Waals surface area contributed by atoms with Gasteiger partial charge < -0.3 is 0 Å². The number of hydrogen-bond donors (Lipinski definition) is 0. The van der Waals surface area contributed by atoms with Gasteiger partial charge in [-0.15, -0.1) is 0 Å². The molecule has 33 heavy (non-hydrogen) atoms. The molecule has 0 atom stereocenters. The molecule has 0 saturated heterocycles. The molecule has 0 fully saturated rings. The van der Waals surface area contributed by atoms with Crippen LogP contribution < -0.4 is 21.2 Å². The molecule has 0 unspecified atom stereocenters. The lowest BCUT2D eigenvalue weighted by molar-refractivity contribution is 0.103. The summed E-state index contributed by atoms with van der Waals surface area (Å²) in [6.45, 7) is 0. The summed E-state index contributed by atoms with van der Waals surface area (Å²) >= 11 is 0. The molecule has 0 radical (unpaired) electrons. The van der Waals surface area contributed by atoms with Crippen LogP contribution in [-0.4, -0.2) is 5.78 Å². The minimum absolute atomic E-state index is 0.0465. The summed E-state index contributed by atoms with van der Waals surface area (Å²) < 4.78 is 0. The first kappa shape index (κ1) is 21.1. The Morgan fingerprint density at radius 2 is 0.667 bits per heavy atom. The second kappa shape index (κ2) is 9.36. The van der Waals surface area contributed by atoms with Crippen LogP contribution >= 0.6 is 7.26 Å². The van der Waals surface area contributed by atoms with Gasteiger partial charge >= 0.3 is 0 Å². The predicted octanol–water partition coefficient (Wildman–Crippen LogP) is 5.54. The zero-order valence-electron chi connectivity index (χ0n) is 18.2. The molecule has 0 spiro atoms. The van der Waals surface area contributed by atoms with Gasteiger partial charge in [0.1, 0.15) is 28.5 Å². The summed E-state index contributed by atoms with van der Waals surface area (Å²) in [5.74, 6) is 0.0465. The maximum atomic E-state index is 13.0. The molecule has 0 amide bonds. The first-order valence-corrected chi connectivity index (χ1v) is 12.9. The molecule has 0 heterocycles. The topological polar surface area (TPSA) is 17.1 Å². The van der Waals surface area contributed by atoms with Crippen LogP contribution in [0.5, 0.6) is 0 Å². The number of hydrogen-bond acceptors (Lipinski definition) is 1. The Hall–Kier alpha value is -3.80. The molecule has 5 rings (SSSR count). The first-order valence-electron chi connectivity index (χ1n) is 11.1. The molecule has 0 aromatic heterocycles. The molecule has 0 aliphatic carbocycles. The van der Waals surface area contributed by atoms with Crippen LogP contribution in [-0.2, 0) is 0 Å². The Balaban J connectivity index is 1.72. The molecular weight excluding hydrogens is 419 g/mol. The fourth-order valence-electron chi connectivity index (χ4n) is 4.44. The van der Waals surface area contributed by atoms with Crippen molar-refractivity contribution in [1.82, 2.24) is 0 Å². The Labute approximate surface area is 195 Å². The third-order valence-electron chi connectivity index (χ3n) is 5.98. The molecule has 5 aromatic carbocycles. The lowest BCUT2D eigenvalue weighted by Crippen LogP contribution is -2.38. The van der Waals surface area contributed by atoms with E-state index in [0.29, 0.717) is 11.1 Å². The van der Waals surface area contributed by atoms with Crippen molar-refractivity contribution in [2.75, 3.05) is 0 Å².